The second-order valence-electron chi connectivity index (χ2n) is 4.25. The van der Waals surface area contributed by atoms with Crippen LogP contribution in [0, 0.1) is 11.8 Å². The fourth-order valence-electron chi connectivity index (χ4n) is 0.204. The van der Waals surface area contributed by atoms with Crippen LogP contribution in [0.1, 0.15) is 55.4 Å². The van der Waals surface area contributed by atoms with E-state index in [1.165, 1.54) is 0 Å². The topological polar surface area (TPSA) is 9.23 Å². The molecule has 0 aromatic carbocycles. The zero-order valence-corrected chi connectivity index (χ0v) is 11.0. The summed E-state index contributed by atoms with van der Waals surface area (Å²) >= 11 is 0. The van der Waals surface area contributed by atoms with Crippen molar-refractivity contribution in [3.05, 3.63) is 0 Å². The molecule has 0 bridgehead atoms. The second-order valence-corrected chi connectivity index (χ2v) is 4.25. The lowest BCUT2D eigenvalue weighted by molar-refractivity contribution is 0.162. The molecule has 0 saturated carbocycles. The standard InChI is InChI=1S/C4H10O.2C4H10/c1-3-5-4-2;2*1-4(2)3/h3-4H2,1-2H3;2*4H,1-3H3. The van der Waals surface area contributed by atoms with Gasteiger partial charge in [0.15, 0.2) is 0 Å². The van der Waals surface area contributed by atoms with E-state index in [1.807, 2.05) is 13.8 Å². The van der Waals surface area contributed by atoms with Gasteiger partial charge in [0.25, 0.3) is 0 Å². The average molecular weight is 190 g/mol. The summed E-state index contributed by atoms with van der Waals surface area (Å²) in [6.45, 7) is 18.7. The molecule has 0 aliphatic rings. The third kappa shape index (κ3) is 309. The van der Waals surface area contributed by atoms with Gasteiger partial charge in [-0.25, -0.2) is 0 Å². The van der Waals surface area contributed by atoms with E-state index in [-0.39, 0.29) is 0 Å². The molecule has 0 aliphatic carbocycles. The highest BCUT2D eigenvalue weighted by molar-refractivity contribution is 4.21. The van der Waals surface area contributed by atoms with E-state index in [1.54, 1.807) is 0 Å². The molecule has 0 fully saturated rings. The van der Waals surface area contributed by atoms with Gasteiger partial charge < -0.3 is 4.74 Å². The van der Waals surface area contributed by atoms with Crippen molar-refractivity contribution in [2.75, 3.05) is 13.2 Å². The number of hydrogen-bond donors (Lipinski definition) is 0. The van der Waals surface area contributed by atoms with Crippen LogP contribution < -0.4 is 0 Å². The Kier molecular flexibility index (Phi) is 25.7. The molecule has 0 heterocycles. The first-order valence-corrected chi connectivity index (χ1v) is 5.46. The molecule has 13 heavy (non-hydrogen) atoms. The SMILES string of the molecule is CC(C)C.CC(C)C.CCOCC. The van der Waals surface area contributed by atoms with E-state index in [2.05, 4.69) is 41.5 Å². The van der Waals surface area contributed by atoms with Gasteiger partial charge in [0.2, 0.25) is 0 Å². The predicted molar refractivity (Wildman–Crippen MR) is 63.2 cm³/mol. The maximum atomic E-state index is 4.83. The summed E-state index contributed by atoms with van der Waals surface area (Å²) in [6.07, 6.45) is 0. The van der Waals surface area contributed by atoms with Gasteiger partial charge in [-0.3, -0.25) is 0 Å². The Hall–Kier alpha value is -0.0400. The highest BCUT2D eigenvalue weighted by atomic mass is 16.5. The van der Waals surface area contributed by atoms with Crippen LogP contribution in [0.5, 0.6) is 0 Å². The van der Waals surface area contributed by atoms with Gasteiger partial charge in [0.05, 0.1) is 0 Å². The Morgan fingerprint density at radius 3 is 0.846 bits per heavy atom. The lowest BCUT2D eigenvalue weighted by Crippen LogP contribution is -1.84. The highest BCUT2D eigenvalue weighted by Crippen LogP contribution is 1.81. The van der Waals surface area contributed by atoms with Gasteiger partial charge >= 0.3 is 0 Å². The monoisotopic (exact) mass is 190 g/mol. The minimum atomic E-state index is 0.833. The van der Waals surface area contributed by atoms with Crippen LogP contribution in [0.2, 0.25) is 0 Å². The number of rotatable bonds is 2. The lowest BCUT2D eigenvalue weighted by atomic mass is 10.3. The minimum Gasteiger partial charge on any atom is -0.382 e. The van der Waals surface area contributed by atoms with E-state index < -0.39 is 0 Å². The van der Waals surface area contributed by atoms with E-state index in [4.69, 9.17) is 4.74 Å². The third-order valence-electron chi connectivity index (χ3n) is 0.408. The van der Waals surface area contributed by atoms with Gasteiger partial charge in [0, 0.05) is 13.2 Å². The van der Waals surface area contributed by atoms with E-state index >= 15 is 0 Å². The van der Waals surface area contributed by atoms with Crippen molar-refractivity contribution in [2.45, 2.75) is 55.4 Å². The Morgan fingerprint density at radius 1 is 0.692 bits per heavy atom. The maximum absolute atomic E-state index is 4.83. The normalized spacial score (nSPS) is 8.77. The summed E-state index contributed by atoms with van der Waals surface area (Å²) < 4.78 is 4.83. The summed E-state index contributed by atoms with van der Waals surface area (Å²) in [5.41, 5.74) is 0. The minimum absolute atomic E-state index is 0.833. The fourth-order valence-corrected chi connectivity index (χ4v) is 0.204. The Bertz CT molecular complexity index is 44.6. The van der Waals surface area contributed by atoms with Crippen molar-refractivity contribution < 1.29 is 4.74 Å². The van der Waals surface area contributed by atoms with Crippen LogP contribution in [0.25, 0.3) is 0 Å². The summed E-state index contributed by atoms with van der Waals surface area (Å²) in [5, 5.41) is 0. The summed E-state index contributed by atoms with van der Waals surface area (Å²) in [5.74, 6) is 1.67. The molecule has 0 aliphatic heterocycles. The molecule has 0 unspecified atom stereocenters. The molecule has 1 heteroatoms. The second kappa shape index (κ2) is 17.9. The first-order chi connectivity index (χ1) is 5.88. The molecule has 0 rings (SSSR count). The van der Waals surface area contributed by atoms with Crippen molar-refractivity contribution in [1.29, 1.82) is 0 Å². The first kappa shape index (κ1) is 18.7. The van der Waals surface area contributed by atoms with Gasteiger partial charge in [-0.05, 0) is 25.7 Å². The predicted octanol–water partition coefficient (Wildman–Crippen LogP) is 4.37. The van der Waals surface area contributed by atoms with Gasteiger partial charge in [-0.1, -0.05) is 41.5 Å². The quantitative estimate of drug-likeness (QED) is 0.628. The third-order valence-corrected chi connectivity index (χ3v) is 0.408. The van der Waals surface area contributed by atoms with Crippen molar-refractivity contribution >= 4 is 0 Å². The molecule has 0 amide bonds. The zero-order chi connectivity index (χ0) is 11.3. The smallest absolute Gasteiger partial charge is 0.0437 e. The van der Waals surface area contributed by atoms with Crippen LogP contribution in [-0.2, 0) is 4.74 Å². The van der Waals surface area contributed by atoms with E-state index in [0.717, 1.165) is 25.0 Å². The molecule has 0 spiro atoms. The van der Waals surface area contributed by atoms with Crippen LogP contribution in [0.3, 0.4) is 0 Å². The Balaban J connectivity index is -0.000000117. The maximum Gasteiger partial charge on any atom is 0.0437 e. The summed E-state index contributed by atoms with van der Waals surface area (Å²) in [4.78, 5) is 0. The molecule has 0 saturated heterocycles. The van der Waals surface area contributed by atoms with Gasteiger partial charge in [-0.15, -0.1) is 0 Å². The van der Waals surface area contributed by atoms with Crippen LogP contribution in [0.4, 0.5) is 0 Å². The van der Waals surface area contributed by atoms with Crippen LogP contribution >= 0.6 is 0 Å². The molecular formula is C12H30O. The van der Waals surface area contributed by atoms with Crippen molar-refractivity contribution in [3.63, 3.8) is 0 Å². The van der Waals surface area contributed by atoms with Crippen LogP contribution in [-0.4, -0.2) is 13.2 Å². The molecule has 0 atom stereocenters. The van der Waals surface area contributed by atoms with Crippen LogP contribution in [0.15, 0.2) is 0 Å². The van der Waals surface area contributed by atoms with E-state index in [9.17, 15) is 0 Å². The largest absolute Gasteiger partial charge is 0.382 e. The lowest BCUT2D eigenvalue weighted by Gasteiger charge is -1.86. The van der Waals surface area contributed by atoms with Gasteiger partial charge in [-0.2, -0.15) is 0 Å². The molecule has 84 valence electrons. The number of hydrogen-bond acceptors (Lipinski definition) is 1. The Morgan fingerprint density at radius 2 is 0.846 bits per heavy atom. The van der Waals surface area contributed by atoms with Crippen molar-refractivity contribution in [3.8, 4) is 0 Å². The number of ether oxygens (including phenoxy) is 1. The average Bonchev–Trinajstić information content (AvgIpc) is 1.86. The Labute approximate surface area is 85.9 Å². The summed E-state index contributed by atoms with van der Waals surface area (Å²) in [7, 11) is 0. The first-order valence-electron chi connectivity index (χ1n) is 5.46. The zero-order valence-electron chi connectivity index (χ0n) is 11.0. The molecule has 0 radical (unpaired) electrons. The molecule has 0 aromatic heterocycles. The highest BCUT2D eigenvalue weighted by Gasteiger charge is 1.68. The van der Waals surface area contributed by atoms with E-state index in [0.29, 0.717) is 0 Å². The van der Waals surface area contributed by atoms with Crippen molar-refractivity contribution in [2.24, 2.45) is 11.8 Å². The van der Waals surface area contributed by atoms with Crippen molar-refractivity contribution in [1.82, 2.24) is 0 Å². The molecule has 0 aromatic rings. The summed E-state index contributed by atoms with van der Waals surface area (Å²) in [6, 6.07) is 0. The molecule has 1 nitrogen and oxygen atoms in total. The molecule has 0 N–H and O–H groups in total. The molecular weight excluding hydrogens is 160 g/mol. The fraction of sp³-hybridized carbons (Fsp3) is 1.00. The van der Waals surface area contributed by atoms with Gasteiger partial charge in [0.1, 0.15) is 0 Å².